The number of amides is 4. The van der Waals surface area contributed by atoms with Crippen LogP contribution in [0.15, 0.2) is 66.7 Å². The number of rotatable bonds is 8. The number of methoxy groups -OCH3 is 1. The van der Waals surface area contributed by atoms with Crippen LogP contribution in [0.1, 0.15) is 38.5 Å². The second-order valence-corrected chi connectivity index (χ2v) is 15.5. The number of likely N-dealkylation sites (N-methyl/N-ethyl adjacent to an activating group) is 1. The number of hydrogen-bond donors (Lipinski definition) is 2. The smallest absolute Gasteiger partial charge is 0.319 e. The average molecular weight is 688 g/mol. The van der Waals surface area contributed by atoms with Crippen LogP contribution in [0, 0.1) is 11.8 Å². The van der Waals surface area contributed by atoms with Gasteiger partial charge in [-0.05, 0) is 56.7 Å². The van der Waals surface area contributed by atoms with Crippen LogP contribution in [-0.2, 0) is 19.6 Å². The van der Waals surface area contributed by atoms with Crippen molar-refractivity contribution in [3.05, 3.63) is 66.7 Å². The lowest BCUT2D eigenvalue weighted by atomic mass is 9.88. The molecule has 4 aliphatic rings. The van der Waals surface area contributed by atoms with Crippen LogP contribution in [0.5, 0.6) is 11.5 Å². The Balaban J connectivity index is 1.14. The van der Waals surface area contributed by atoms with Gasteiger partial charge in [-0.25, -0.2) is 18.2 Å². The topological polar surface area (TPSA) is 147 Å². The van der Waals surface area contributed by atoms with E-state index >= 15 is 0 Å². The minimum Gasteiger partial charge on any atom is -0.497 e. The van der Waals surface area contributed by atoms with E-state index in [1.54, 1.807) is 19.1 Å². The summed E-state index contributed by atoms with van der Waals surface area (Å²) in [6.07, 6.45) is 7.52. The van der Waals surface area contributed by atoms with E-state index in [-0.39, 0.29) is 37.3 Å². The molecule has 3 fully saturated rings. The zero-order valence-electron chi connectivity index (χ0n) is 27.6. The lowest BCUT2D eigenvalue weighted by molar-refractivity contribution is -0.143. The van der Waals surface area contributed by atoms with Gasteiger partial charge in [-0.2, -0.15) is 0 Å². The molecule has 2 aromatic carbocycles. The first kappa shape index (κ1) is 32.9. The summed E-state index contributed by atoms with van der Waals surface area (Å²) in [5, 5.41) is 3.13. The van der Waals surface area contributed by atoms with Crippen LogP contribution in [0.4, 0.5) is 4.79 Å². The van der Waals surface area contributed by atoms with Crippen LogP contribution < -0.4 is 19.5 Å². The molecular formula is C36H41N5O7S. The fourth-order valence-corrected chi connectivity index (χ4v) is 8.13. The Morgan fingerprint density at radius 1 is 1.10 bits per heavy atom. The van der Waals surface area contributed by atoms with Gasteiger partial charge >= 0.3 is 6.03 Å². The van der Waals surface area contributed by atoms with Crippen LogP contribution in [0.2, 0.25) is 0 Å². The van der Waals surface area contributed by atoms with Crippen LogP contribution in [-0.4, -0.2) is 91.7 Å². The molecule has 4 atom stereocenters. The quantitative estimate of drug-likeness (QED) is 0.340. The Labute approximate surface area is 285 Å². The molecule has 4 amide bonds. The minimum atomic E-state index is -3.81. The van der Waals surface area contributed by atoms with Crippen molar-refractivity contribution in [1.29, 1.82) is 0 Å². The van der Waals surface area contributed by atoms with Gasteiger partial charge in [0, 0.05) is 49.0 Å². The summed E-state index contributed by atoms with van der Waals surface area (Å²) in [4.78, 5) is 49.2. The molecule has 1 aromatic heterocycles. The molecule has 3 aromatic rings. The number of nitrogens with zero attached hydrogens (tertiary/aromatic N) is 3. The van der Waals surface area contributed by atoms with Gasteiger partial charge in [0.1, 0.15) is 28.8 Å². The number of allylic oxidation sites excluding steroid dienone is 1. The molecule has 0 bridgehead atoms. The summed E-state index contributed by atoms with van der Waals surface area (Å²) in [6.45, 7) is 0.901. The molecular weight excluding hydrogens is 646 g/mol. The summed E-state index contributed by atoms with van der Waals surface area (Å²) in [5.41, 5.74) is 0.860. The lowest BCUT2D eigenvalue weighted by Gasteiger charge is -2.48. The highest BCUT2D eigenvalue weighted by molar-refractivity contribution is 7.91. The fourth-order valence-electron chi connectivity index (χ4n) is 6.77. The normalized spacial score (nSPS) is 26.4. The molecule has 12 nitrogen and oxygen atoms in total. The Hall–Kier alpha value is -4.65. The molecule has 2 saturated carbocycles. The van der Waals surface area contributed by atoms with E-state index in [4.69, 9.17) is 14.5 Å². The zero-order valence-corrected chi connectivity index (χ0v) is 28.4. The monoisotopic (exact) mass is 687 g/mol. The summed E-state index contributed by atoms with van der Waals surface area (Å²) in [5.74, 6) is -0.383. The third-order valence-corrected chi connectivity index (χ3v) is 11.8. The van der Waals surface area contributed by atoms with Gasteiger partial charge in [-0.15, -0.1) is 0 Å². The Morgan fingerprint density at radius 2 is 1.90 bits per heavy atom. The Morgan fingerprint density at radius 3 is 2.65 bits per heavy atom. The van der Waals surface area contributed by atoms with Gasteiger partial charge in [-0.1, -0.05) is 42.5 Å². The molecule has 2 N–H and O–H groups in total. The standard InChI is InChI=1S/C36H41N5O7S/c1-40-17-9-4-3-8-12-26-20-36(26,34(43)39-49(45,46)28-15-16-28)38-35(44)41-21-25(32(41)33(40)42)22-48-30-18-24-13-14-27(47-2)19-29(24)37-31(30)23-10-6-5-7-11-23/h5-8,10-14,18-19,25-26,28,32H,3-4,9,15-17,20-22H2,1-2H3,(H,38,44)(H,39,43)/b12-8+/t25-,26-,32+,36-/m1/s1. The van der Waals surface area contributed by atoms with Crippen molar-refractivity contribution in [2.24, 2.45) is 11.8 Å². The SMILES string of the molecule is COc1ccc2cc(OC[C@H]3CN4C(=O)N[C@]5(C(=O)NS(=O)(=O)C6CC6)C[C@H]5/C=C/CCCCN(C)C(=O)[C@H]34)c(-c3ccccc3)nc2c1. The van der Waals surface area contributed by atoms with E-state index in [2.05, 4.69) is 10.0 Å². The highest BCUT2D eigenvalue weighted by Gasteiger charge is 2.62. The van der Waals surface area contributed by atoms with E-state index in [1.165, 1.54) is 4.90 Å². The minimum absolute atomic E-state index is 0.147. The number of fused-ring (bicyclic) bond motifs is 3. The number of carbonyl (C=O) groups excluding carboxylic acids is 3. The summed E-state index contributed by atoms with van der Waals surface area (Å²) >= 11 is 0. The van der Waals surface area contributed by atoms with Gasteiger partial charge in [0.25, 0.3) is 5.91 Å². The maximum Gasteiger partial charge on any atom is 0.319 e. The van der Waals surface area contributed by atoms with E-state index in [0.717, 1.165) is 35.7 Å². The Bertz CT molecular complexity index is 1920. The van der Waals surface area contributed by atoms with E-state index in [9.17, 15) is 22.8 Å². The van der Waals surface area contributed by atoms with Crippen molar-refractivity contribution in [3.8, 4) is 22.8 Å². The van der Waals surface area contributed by atoms with Gasteiger partial charge in [0.05, 0.1) is 24.5 Å². The molecule has 1 saturated heterocycles. The summed E-state index contributed by atoms with van der Waals surface area (Å²) in [6, 6.07) is 15.8. The molecule has 258 valence electrons. The predicted octanol–water partition coefficient (Wildman–Crippen LogP) is 3.86. The number of carbonyl (C=O) groups is 3. The molecule has 0 unspecified atom stereocenters. The molecule has 13 heteroatoms. The van der Waals surface area contributed by atoms with E-state index in [1.807, 2.05) is 66.7 Å². The zero-order chi connectivity index (χ0) is 34.3. The maximum absolute atomic E-state index is 13.9. The van der Waals surface area contributed by atoms with Crippen molar-refractivity contribution in [2.45, 2.75) is 55.4 Å². The lowest BCUT2D eigenvalue weighted by Crippen LogP contribution is -2.69. The summed E-state index contributed by atoms with van der Waals surface area (Å²) in [7, 11) is -0.468. The van der Waals surface area contributed by atoms with Crippen LogP contribution >= 0.6 is 0 Å². The van der Waals surface area contributed by atoms with E-state index in [0.29, 0.717) is 36.6 Å². The van der Waals surface area contributed by atoms with Crippen molar-refractivity contribution < 1.29 is 32.3 Å². The van der Waals surface area contributed by atoms with Gasteiger partial charge in [-0.3, -0.25) is 14.3 Å². The largest absolute Gasteiger partial charge is 0.497 e. The van der Waals surface area contributed by atoms with Gasteiger partial charge < -0.3 is 24.6 Å². The highest BCUT2D eigenvalue weighted by atomic mass is 32.2. The van der Waals surface area contributed by atoms with Crippen LogP contribution in [0.25, 0.3) is 22.2 Å². The molecule has 0 spiro atoms. The fraction of sp³-hybridized carbons (Fsp3) is 0.444. The number of ether oxygens (including phenoxy) is 2. The summed E-state index contributed by atoms with van der Waals surface area (Å²) < 4.78 is 39.4. The first-order valence-corrected chi connectivity index (χ1v) is 18.4. The molecule has 2 aliphatic carbocycles. The molecule has 2 aliphatic heterocycles. The third kappa shape index (κ3) is 6.55. The number of nitrogens with one attached hydrogen (secondary N) is 2. The number of aromatic nitrogens is 1. The van der Waals surface area contributed by atoms with Crippen molar-refractivity contribution >= 4 is 38.8 Å². The second-order valence-electron chi connectivity index (χ2n) is 13.5. The van der Waals surface area contributed by atoms with E-state index < -0.39 is 38.8 Å². The number of benzene rings is 2. The highest BCUT2D eigenvalue weighted by Crippen LogP contribution is 2.46. The number of urea groups is 1. The van der Waals surface area contributed by atoms with Crippen molar-refractivity contribution in [1.82, 2.24) is 24.8 Å². The van der Waals surface area contributed by atoms with Crippen LogP contribution in [0.3, 0.4) is 0 Å². The average Bonchev–Trinajstić information content (AvgIpc) is 4.01. The Kier molecular flexibility index (Phi) is 8.72. The second kappa shape index (κ2) is 13.0. The van der Waals surface area contributed by atoms with Crippen molar-refractivity contribution in [2.75, 3.05) is 33.9 Å². The molecule has 49 heavy (non-hydrogen) atoms. The maximum atomic E-state index is 13.9. The molecule has 7 rings (SSSR count). The van der Waals surface area contributed by atoms with Crippen molar-refractivity contribution in [3.63, 3.8) is 0 Å². The first-order valence-electron chi connectivity index (χ1n) is 16.8. The van der Waals surface area contributed by atoms with Gasteiger partial charge in [0.15, 0.2) is 0 Å². The molecule has 3 heterocycles. The number of pyridine rings is 1. The molecule has 0 radical (unpaired) electrons. The third-order valence-electron chi connectivity index (χ3n) is 10.0. The first-order chi connectivity index (χ1) is 23.6. The predicted molar refractivity (Wildman–Crippen MR) is 183 cm³/mol. The number of sulfonamides is 1. The van der Waals surface area contributed by atoms with Gasteiger partial charge in [0.2, 0.25) is 15.9 Å². The number of hydrogen-bond acceptors (Lipinski definition) is 8.